The number of para-hydroxylation sites is 1. The van der Waals surface area contributed by atoms with Crippen LogP contribution in [-0.2, 0) is 20.9 Å². The highest BCUT2D eigenvalue weighted by Crippen LogP contribution is 2.25. The fraction of sp³-hybridized carbons (Fsp3) is 0.200. The molecule has 0 aliphatic rings. The van der Waals surface area contributed by atoms with Gasteiger partial charge in [-0.25, -0.2) is 4.79 Å². The minimum Gasteiger partial charge on any atom is -0.452 e. The van der Waals surface area contributed by atoms with Gasteiger partial charge in [0.15, 0.2) is 6.10 Å². The van der Waals surface area contributed by atoms with Crippen molar-refractivity contribution < 1.29 is 14.3 Å². The molecule has 1 aromatic heterocycles. The number of carbonyl (C=O) groups is 2. The monoisotopic (exact) mass is 449 g/mol. The summed E-state index contributed by atoms with van der Waals surface area (Å²) >= 11 is 11.8. The van der Waals surface area contributed by atoms with Crippen LogP contribution in [0.4, 0.5) is 5.69 Å². The van der Waals surface area contributed by atoms with Gasteiger partial charge in [0.25, 0.3) is 11.5 Å². The van der Waals surface area contributed by atoms with Crippen LogP contribution in [0.1, 0.15) is 13.3 Å². The second-order valence-electron chi connectivity index (χ2n) is 6.42. The van der Waals surface area contributed by atoms with E-state index in [0.29, 0.717) is 21.6 Å². The molecule has 8 nitrogen and oxygen atoms in total. The maximum Gasteiger partial charge on any atom is 0.328 e. The van der Waals surface area contributed by atoms with Gasteiger partial charge in [-0.1, -0.05) is 35.3 Å². The highest BCUT2D eigenvalue weighted by atomic mass is 35.5. The quantitative estimate of drug-likeness (QED) is 0.562. The SMILES string of the molecule is CC(OC(=O)CCn1c(=O)[nH]c(=O)c2ccccc21)C(=O)Nc1ccc(Cl)cc1Cl. The number of aromatic nitrogens is 2. The Hall–Kier alpha value is -3.10. The number of H-pyrrole nitrogens is 1. The maximum absolute atomic E-state index is 12.3. The number of benzene rings is 2. The van der Waals surface area contributed by atoms with E-state index < -0.39 is 29.2 Å². The summed E-state index contributed by atoms with van der Waals surface area (Å²) in [6.07, 6.45) is -1.26. The van der Waals surface area contributed by atoms with Crippen molar-refractivity contribution in [1.82, 2.24) is 9.55 Å². The molecular formula is C20H17Cl2N3O5. The van der Waals surface area contributed by atoms with Crippen molar-refractivity contribution in [2.24, 2.45) is 0 Å². The summed E-state index contributed by atoms with van der Waals surface area (Å²) in [5.74, 6) is -1.25. The van der Waals surface area contributed by atoms with Crippen molar-refractivity contribution in [3.63, 3.8) is 0 Å². The van der Waals surface area contributed by atoms with Gasteiger partial charge < -0.3 is 10.1 Å². The first kappa shape index (κ1) is 21.6. The highest BCUT2D eigenvalue weighted by Gasteiger charge is 2.19. The molecule has 156 valence electrons. The number of halogens is 2. The second-order valence-corrected chi connectivity index (χ2v) is 7.27. The molecule has 0 aliphatic carbocycles. The smallest absolute Gasteiger partial charge is 0.328 e. The lowest BCUT2D eigenvalue weighted by molar-refractivity contribution is -0.153. The zero-order valence-corrected chi connectivity index (χ0v) is 17.3. The maximum atomic E-state index is 12.3. The zero-order chi connectivity index (χ0) is 21.8. The number of ether oxygens (including phenoxy) is 1. The van der Waals surface area contributed by atoms with Crippen LogP contribution in [0, 0.1) is 0 Å². The van der Waals surface area contributed by atoms with E-state index in [9.17, 15) is 19.2 Å². The molecule has 0 bridgehead atoms. The number of hydrogen-bond donors (Lipinski definition) is 2. The molecule has 0 spiro atoms. The number of rotatable bonds is 6. The van der Waals surface area contributed by atoms with Crippen LogP contribution in [0.3, 0.4) is 0 Å². The van der Waals surface area contributed by atoms with E-state index in [1.165, 1.54) is 23.6 Å². The van der Waals surface area contributed by atoms with Crippen molar-refractivity contribution in [3.05, 3.63) is 73.3 Å². The standard InChI is InChI=1S/C20H17Cl2N3O5/c1-11(18(27)23-15-7-6-12(21)10-14(15)22)30-17(26)8-9-25-16-5-3-2-4-13(16)19(28)24-20(25)29/h2-7,10-11H,8-9H2,1H3,(H,23,27)(H,24,28,29). The summed E-state index contributed by atoms with van der Waals surface area (Å²) in [6, 6.07) is 11.1. The van der Waals surface area contributed by atoms with Gasteiger partial charge in [-0.15, -0.1) is 0 Å². The molecule has 1 heterocycles. The number of anilines is 1. The van der Waals surface area contributed by atoms with Crippen molar-refractivity contribution in [2.75, 3.05) is 5.32 Å². The van der Waals surface area contributed by atoms with Gasteiger partial charge >= 0.3 is 11.7 Å². The van der Waals surface area contributed by atoms with Crippen molar-refractivity contribution in [2.45, 2.75) is 26.0 Å². The van der Waals surface area contributed by atoms with Gasteiger partial charge in [-0.2, -0.15) is 0 Å². The van der Waals surface area contributed by atoms with Crippen molar-refractivity contribution >= 4 is 51.7 Å². The Morgan fingerprint density at radius 1 is 1.17 bits per heavy atom. The highest BCUT2D eigenvalue weighted by molar-refractivity contribution is 6.36. The van der Waals surface area contributed by atoms with Crippen LogP contribution in [0.25, 0.3) is 10.9 Å². The minimum absolute atomic E-state index is 0.0215. The molecule has 10 heteroatoms. The Morgan fingerprint density at radius 3 is 2.63 bits per heavy atom. The van der Waals surface area contributed by atoms with Crippen LogP contribution in [0.15, 0.2) is 52.1 Å². The summed E-state index contributed by atoms with van der Waals surface area (Å²) in [5, 5.41) is 3.55. The molecule has 1 atom stereocenters. The van der Waals surface area contributed by atoms with Gasteiger partial charge in [0.2, 0.25) is 0 Å². The predicted octanol–water partition coefficient (Wildman–Crippen LogP) is 2.96. The number of hydrogen-bond acceptors (Lipinski definition) is 5. The normalized spacial score (nSPS) is 11.8. The lowest BCUT2D eigenvalue weighted by Crippen LogP contribution is -2.32. The lowest BCUT2D eigenvalue weighted by Gasteiger charge is -2.15. The third kappa shape index (κ3) is 4.90. The summed E-state index contributed by atoms with van der Waals surface area (Å²) in [4.78, 5) is 50.6. The number of carbonyl (C=O) groups excluding carboxylic acids is 2. The molecule has 0 saturated heterocycles. The molecule has 2 N–H and O–H groups in total. The summed E-state index contributed by atoms with van der Waals surface area (Å²) < 4.78 is 6.41. The summed E-state index contributed by atoms with van der Waals surface area (Å²) in [5.41, 5.74) is -0.391. The number of nitrogens with one attached hydrogen (secondary N) is 2. The topological polar surface area (TPSA) is 110 Å². The average Bonchev–Trinajstić information content (AvgIpc) is 2.69. The molecule has 0 fully saturated rings. The average molecular weight is 450 g/mol. The van der Waals surface area contributed by atoms with E-state index in [2.05, 4.69) is 10.3 Å². The molecule has 30 heavy (non-hydrogen) atoms. The molecule has 0 saturated carbocycles. The number of fused-ring (bicyclic) bond motifs is 1. The Bertz CT molecular complexity index is 1240. The van der Waals surface area contributed by atoms with Crippen LogP contribution in [0.5, 0.6) is 0 Å². The number of aryl methyl sites for hydroxylation is 1. The van der Waals surface area contributed by atoms with E-state index >= 15 is 0 Å². The zero-order valence-electron chi connectivity index (χ0n) is 15.8. The first-order valence-electron chi connectivity index (χ1n) is 8.93. The third-order valence-corrected chi connectivity index (χ3v) is 4.86. The number of aromatic amines is 1. The van der Waals surface area contributed by atoms with E-state index in [4.69, 9.17) is 27.9 Å². The van der Waals surface area contributed by atoms with Crippen LogP contribution < -0.4 is 16.6 Å². The number of nitrogens with zero attached hydrogens (tertiary/aromatic N) is 1. The minimum atomic E-state index is -1.09. The predicted molar refractivity (Wildman–Crippen MR) is 114 cm³/mol. The first-order valence-corrected chi connectivity index (χ1v) is 9.69. The first-order chi connectivity index (χ1) is 14.3. The third-order valence-electron chi connectivity index (χ3n) is 4.31. The lowest BCUT2D eigenvalue weighted by atomic mass is 10.2. The summed E-state index contributed by atoms with van der Waals surface area (Å²) in [7, 11) is 0. The Balaban J connectivity index is 1.63. The molecule has 3 aromatic rings. The molecule has 1 unspecified atom stereocenters. The van der Waals surface area contributed by atoms with Gasteiger partial charge in [-0.05, 0) is 37.3 Å². The van der Waals surface area contributed by atoms with Gasteiger partial charge in [0.05, 0.1) is 28.0 Å². The van der Waals surface area contributed by atoms with Crippen LogP contribution in [-0.4, -0.2) is 27.5 Å². The Labute approximate surface area is 180 Å². The summed E-state index contributed by atoms with van der Waals surface area (Å²) in [6.45, 7) is 1.39. The molecule has 2 aromatic carbocycles. The fourth-order valence-electron chi connectivity index (χ4n) is 2.80. The largest absolute Gasteiger partial charge is 0.452 e. The Morgan fingerprint density at radius 2 is 1.90 bits per heavy atom. The van der Waals surface area contributed by atoms with Gasteiger partial charge in [0, 0.05) is 11.6 Å². The van der Waals surface area contributed by atoms with E-state index in [0.717, 1.165) is 0 Å². The van der Waals surface area contributed by atoms with Gasteiger partial charge in [-0.3, -0.25) is 23.9 Å². The molecule has 3 rings (SSSR count). The fourth-order valence-corrected chi connectivity index (χ4v) is 3.26. The molecule has 1 amide bonds. The second kappa shape index (κ2) is 9.15. The van der Waals surface area contributed by atoms with E-state index in [-0.39, 0.29) is 18.0 Å². The van der Waals surface area contributed by atoms with Crippen molar-refractivity contribution in [1.29, 1.82) is 0 Å². The Kier molecular flexibility index (Phi) is 6.59. The van der Waals surface area contributed by atoms with Gasteiger partial charge in [0.1, 0.15) is 0 Å². The molecule has 0 aliphatic heterocycles. The van der Waals surface area contributed by atoms with E-state index in [1.807, 2.05) is 0 Å². The molecular weight excluding hydrogens is 433 g/mol. The van der Waals surface area contributed by atoms with Crippen molar-refractivity contribution in [3.8, 4) is 0 Å². The number of amides is 1. The molecule has 0 radical (unpaired) electrons. The van der Waals surface area contributed by atoms with Crippen LogP contribution >= 0.6 is 23.2 Å². The van der Waals surface area contributed by atoms with E-state index in [1.54, 1.807) is 30.3 Å². The number of esters is 1. The van der Waals surface area contributed by atoms with Crippen LogP contribution in [0.2, 0.25) is 10.0 Å².